The third-order valence-corrected chi connectivity index (χ3v) is 7.34. The van der Waals surface area contributed by atoms with Crippen LogP contribution in [0, 0.1) is 11.8 Å². The molecule has 1 atom stereocenters. The van der Waals surface area contributed by atoms with Gasteiger partial charge in [0.15, 0.2) is 9.84 Å². The highest BCUT2D eigenvalue weighted by atomic mass is 32.2. The Hall–Kier alpha value is -1.73. The van der Waals surface area contributed by atoms with Crippen LogP contribution in [0.5, 0.6) is 0 Å². The number of piperidine rings is 2. The Morgan fingerprint density at radius 3 is 2.64 bits per heavy atom. The first-order valence-corrected chi connectivity index (χ1v) is 12.2. The summed E-state index contributed by atoms with van der Waals surface area (Å²) in [5.74, 6) is 2.35. The maximum absolute atomic E-state index is 12.0. The van der Waals surface area contributed by atoms with E-state index in [1.54, 1.807) is 24.5 Å². The molecule has 2 fully saturated rings. The van der Waals surface area contributed by atoms with Crippen molar-refractivity contribution in [3.63, 3.8) is 0 Å². The van der Waals surface area contributed by atoms with Gasteiger partial charge in [-0.3, -0.25) is 0 Å². The SMILES string of the molecule is CC1CCN(CC2CCCN(c3ncnc4ccc(S(C)(=O)=O)cc34)C2)CC1. The topological polar surface area (TPSA) is 66.4 Å². The van der Waals surface area contributed by atoms with Crippen LogP contribution in [0.4, 0.5) is 5.82 Å². The highest BCUT2D eigenvalue weighted by Gasteiger charge is 2.26. The van der Waals surface area contributed by atoms with Gasteiger partial charge in [0.1, 0.15) is 12.1 Å². The van der Waals surface area contributed by atoms with Crippen LogP contribution in [-0.4, -0.2) is 62.3 Å². The van der Waals surface area contributed by atoms with Gasteiger partial charge in [-0.2, -0.15) is 0 Å². The maximum Gasteiger partial charge on any atom is 0.175 e. The standard InChI is InChI=1S/C21H30N4O2S/c1-16-7-10-24(11-8-16)13-17-4-3-9-25(14-17)21-19-12-18(28(2,26)27)5-6-20(19)22-15-23-21/h5-6,12,15-17H,3-4,7-11,13-14H2,1-2H3. The lowest BCUT2D eigenvalue weighted by atomic mass is 9.94. The Morgan fingerprint density at radius 1 is 1.11 bits per heavy atom. The summed E-state index contributed by atoms with van der Waals surface area (Å²) in [5, 5.41) is 0.831. The van der Waals surface area contributed by atoms with E-state index in [9.17, 15) is 8.42 Å². The Morgan fingerprint density at radius 2 is 1.89 bits per heavy atom. The van der Waals surface area contributed by atoms with Crippen LogP contribution in [0.1, 0.15) is 32.6 Å². The van der Waals surface area contributed by atoms with Crippen molar-refractivity contribution < 1.29 is 8.42 Å². The molecule has 0 bridgehead atoms. The van der Waals surface area contributed by atoms with Gasteiger partial charge in [-0.05, 0) is 68.8 Å². The largest absolute Gasteiger partial charge is 0.356 e. The van der Waals surface area contributed by atoms with Crippen molar-refractivity contribution in [2.75, 3.05) is 43.9 Å². The van der Waals surface area contributed by atoms with E-state index >= 15 is 0 Å². The zero-order valence-electron chi connectivity index (χ0n) is 16.8. The monoisotopic (exact) mass is 402 g/mol. The fraction of sp³-hybridized carbons (Fsp3) is 0.619. The predicted octanol–water partition coefficient (Wildman–Crippen LogP) is 2.98. The fourth-order valence-corrected chi connectivity index (χ4v) is 5.17. The number of rotatable bonds is 4. The number of benzene rings is 1. The summed E-state index contributed by atoms with van der Waals surface area (Å²) < 4.78 is 24.0. The second-order valence-electron chi connectivity index (χ2n) is 8.59. The van der Waals surface area contributed by atoms with Crippen LogP contribution < -0.4 is 4.90 Å². The molecule has 0 N–H and O–H groups in total. The van der Waals surface area contributed by atoms with E-state index in [1.807, 2.05) is 0 Å². The van der Waals surface area contributed by atoms with E-state index in [2.05, 4.69) is 26.7 Å². The molecule has 28 heavy (non-hydrogen) atoms. The average molecular weight is 403 g/mol. The Bertz CT molecular complexity index is 939. The molecule has 0 radical (unpaired) electrons. The molecule has 0 saturated carbocycles. The predicted molar refractivity (Wildman–Crippen MR) is 112 cm³/mol. The summed E-state index contributed by atoms with van der Waals surface area (Å²) in [6, 6.07) is 5.15. The van der Waals surface area contributed by atoms with Crippen LogP contribution in [0.15, 0.2) is 29.4 Å². The zero-order chi connectivity index (χ0) is 19.7. The van der Waals surface area contributed by atoms with E-state index in [-0.39, 0.29) is 0 Å². The van der Waals surface area contributed by atoms with Gasteiger partial charge in [0.05, 0.1) is 10.4 Å². The second kappa shape index (κ2) is 7.95. The molecule has 2 aliphatic rings. The second-order valence-corrected chi connectivity index (χ2v) is 10.6. The molecule has 7 heteroatoms. The summed E-state index contributed by atoms with van der Waals surface area (Å²) in [4.78, 5) is 14.2. The van der Waals surface area contributed by atoms with Gasteiger partial charge in [0.2, 0.25) is 0 Å². The summed E-state index contributed by atoms with van der Waals surface area (Å²) in [5.41, 5.74) is 0.796. The molecule has 0 amide bonds. The van der Waals surface area contributed by atoms with Gasteiger partial charge in [-0.1, -0.05) is 6.92 Å². The van der Waals surface area contributed by atoms with Crippen LogP contribution in [-0.2, 0) is 9.84 Å². The summed E-state index contributed by atoms with van der Waals surface area (Å²) in [6.45, 7) is 7.87. The Balaban J connectivity index is 1.55. The molecule has 3 heterocycles. The molecule has 0 aliphatic carbocycles. The minimum absolute atomic E-state index is 0.326. The lowest BCUT2D eigenvalue weighted by Gasteiger charge is -2.38. The van der Waals surface area contributed by atoms with Gasteiger partial charge in [-0.25, -0.2) is 18.4 Å². The van der Waals surface area contributed by atoms with Crippen molar-refractivity contribution in [1.29, 1.82) is 0 Å². The molecule has 0 spiro atoms. The molecule has 2 aliphatic heterocycles. The number of hydrogen-bond donors (Lipinski definition) is 0. The van der Waals surface area contributed by atoms with E-state index in [0.29, 0.717) is 10.8 Å². The zero-order valence-corrected chi connectivity index (χ0v) is 17.7. The molecule has 4 rings (SSSR count). The summed E-state index contributed by atoms with van der Waals surface area (Å²) in [6.07, 6.45) is 7.84. The summed E-state index contributed by atoms with van der Waals surface area (Å²) in [7, 11) is -3.26. The third-order valence-electron chi connectivity index (χ3n) is 6.23. The third kappa shape index (κ3) is 4.30. The normalized spacial score (nSPS) is 22.6. The maximum atomic E-state index is 12.0. The van der Waals surface area contributed by atoms with Gasteiger partial charge in [0.25, 0.3) is 0 Å². The number of likely N-dealkylation sites (tertiary alicyclic amines) is 1. The first-order valence-electron chi connectivity index (χ1n) is 10.3. The minimum Gasteiger partial charge on any atom is -0.356 e. The fourth-order valence-electron chi connectivity index (χ4n) is 4.52. The summed E-state index contributed by atoms with van der Waals surface area (Å²) >= 11 is 0. The molecule has 152 valence electrons. The van der Waals surface area contributed by atoms with Crippen molar-refractivity contribution >= 4 is 26.6 Å². The van der Waals surface area contributed by atoms with Crippen molar-refractivity contribution in [2.45, 2.75) is 37.5 Å². The molecule has 2 saturated heterocycles. The van der Waals surface area contributed by atoms with E-state index in [0.717, 1.165) is 48.7 Å². The Kier molecular flexibility index (Phi) is 5.56. The molecule has 1 aromatic carbocycles. The number of nitrogens with zero attached hydrogens (tertiary/aromatic N) is 4. The molecule has 1 aromatic heterocycles. The number of anilines is 1. The highest BCUT2D eigenvalue weighted by Crippen LogP contribution is 2.30. The van der Waals surface area contributed by atoms with Crippen LogP contribution in [0.2, 0.25) is 0 Å². The lowest BCUT2D eigenvalue weighted by molar-refractivity contribution is 0.159. The number of sulfone groups is 1. The number of hydrogen-bond acceptors (Lipinski definition) is 6. The smallest absolute Gasteiger partial charge is 0.175 e. The van der Waals surface area contributed by atoms with E-state index in [4.69, 9.17) is 0 Å². The number of aromatic nitrogens is 2. The minimum atomic E-state index is -3.26. The van der Waals surface area contributed by atoms with Crippen LogP contribution >= 0.6 is 0 Å². The quantitative estimate of drug-likeness (QED) is 0.783. The number of fused-ring (bicyclic) bond motifs is 1. The average Bonchev–Trinajstić information content (AvgIpc) is 2.68. The van der Waals surface area contributed by atoms with Crippen molar-refractivity contribution in [3.8, 4) is 0 Å². The van der Waals surface area contributed by atoms with Crippen molar-refractivity contribution in [3.05, 3.63) is 24.5 Å². The van der Waals surface area contributed by atoms with Gasteiger partial charge >= 0.3 is 0 Å². The van der Waals surface area contributed by atoms with Crippen LogP contribution in [0.25, 0.3) is 10.9 Å². The lowest BCUT2D eigenvalue weighted by Crippen LogP contribution is -2.43. The van der Waals surface area contributed by atoms with Gasteiger partial charge in [-0.15, -0.1) is 0 Å². The van der Waals surface area contributed by atoms with Gasteiger partial charge < -0.3 is 9.80 Å². The van der Waals surface area contributed by atoms with Crippen molar-refractivity contribution in [2.24, 2.45) is 11.8 Å². The molecule has 1 unspecified atom stereocenters. The Labute approximate surface area is 167 Å². The first kappa shape index (κ1) is 19.6. The van der Waals surface area contributed by atoms with E-state index < -0.39 is 9.84 Å². The van der Waals surface area contributed by atoms with Gasteiger partial charge in [0, 0.05) is 31.3 Å². The molecule has 6 nitrogen and oxygen atoms in total. The molecular formula is C21H30N4O2S. The highest BCUT2D eigenvalue weighted by molar-refractivity contribution is 7.90. The van der Waals surface area contributed by atoms with Crippen molar-refractivity contribution in [1.82, 2.24) is 14.9 Å². The molecular weight excluding hydrogens is 372 g/mol. The first-order chi connectivity index (χ1) is 13.4. The van der Waals surface area contributed by atoms with E-state index in [1.165, 1.54) is 38.6 Å². The van der Waals surface area contributed by atoms with Crippen LogP contribution in [0.3, 0.4) is 0 Å². The molecule has 2 aromatic rings.